The molecule has 0 aliphatic heterocycles. The molecule has 0 aromatic heterocycles. The molecule has 1 aliphatic carbocycles. The van der Waals surface area contributed by atoms with E-state index in [-0.39, 0.29) is 12.1 Å². The largest absolute Gasteiger partial charge is 0.330 e. The molecule has 18 heavy (non-hydrogen) atoms. The summed E-state index contributed by atoms with van der Waals surface area (Å²) in [5, 5.41) is 0. The van der Waals surface area contributed by atoms with Gasteiger partial charge >= 0.3 is 0 Å². The molecule has 1 rings (SSSR count). The molecule has 0 heterocycles. The van der Waals surface area contributed by atoms with Gasteiger partial charge < -0.3 is 5.73 Å². The third kappa shape index (κ3) is 3.23. The van der Waals surface area contributed by atoms with Gasteiger partial charge in [-0.05, 0) is 39.2 Å². The lowest BCUT2D eigenvalue weighted by Gasteiger charge is -2.39. The van der Waals surface area contributed by atoms with Gasteiger partial charge in [-0.25, -0.2) is 0 Å². The lowest BCUT2D eigenvalue weighted by atomic mass is 9.85. The van der Waals surface area contributed by atoms with Crippen LogP contribution in [0.2, 0.25) is 0 Å². The van der Waals surface area contributed by atoms with Crippen molar-refractivity contribution >= 4 is 10.2 Å². The molecule has 5 nitrogen and oxygen atoms in total. The SMILES string of the molecule is CC(C)N(C)S(=O)(=O)N(C)C1CCCCC1CN. The average Bonchev–Trinajstić information content (AvgIpc) is 2.36. The van der Waals surface area contributed by atoms with Crippen LogP contribution in [0.5, 0.6) is 0 Å². The molecule has 1 saturated carbocycles. The van der Waals surface area contributed by atoms with E-state index in [2.05, 4.69) is 0 Å². The van der Waals surface area contributed by atoms with Crippen LogP contribution in [0, 0.1) is 5.92 Å². The van der Waals surface area contributed by atoms with Gasteiger partial charge in [0.15, 0.2) is 0 Å². The number of nitrogens with two attached hydrogens (primary N) is 1. The Labute approximate surface area is 112 Å². The van der Waals surface area contributed by atoms with Crippen LogP contribution in [0.15, 0.2) is 0 Å². The van der Waals surface area contributed by atoms with Crippen LogP contribution >= 0.6 is 0 Å². The molecule has 6 heteroatoms. The van der Waals surface area contributed by atoms with Crippen molar-refractivity contribution in [2.75, 3.05) is 20.6 Å². The molecule has 0 radical (unpaired) electrons. The molecule has 2 N–H and O–H groups in total. The van der Waals surface area contributed by atoms with Crippen molar-refractivity contribution in [3.8, 4) is 0 Å². The van der Waals surface area contributed by atoms with Crippen LogP contribution in [-0.2, 0) is 10.2 Å². The second-order valence-corrected chi connectivity index (χ2v) is 7.53. The van der Waals surface area contributed by atoms with E-state index >= 15 is 0 Å². The average molecular weight is 277 g/mol. The molecule has 0 saturated heterocycles. The van der Waals surface area contributed by atoms with E-state index in [1.54, 1.807) is 14.1 Å². The maximum Gasteiger partial charge on any atom is 0.281 e. The summed E-state index contributed by atoms with van der Waals surface area (Å²) in [6, 6.07) is 0.0207. The lowest BCUT2D eigenvalue weighted by molar-refractivity contribution is 0.193. The fourth-order valence-corrected chi connectivity index (χ4v) is 4.14. The van der Waals surface area contributed by atoms with Crippen LogP contribution in [0.3, 0.4) is 0 Å². The minimum atomic E-state index is -3.37. The van der Waals surface area contributed by atoms with E-state index in [1.165, 1.54) is 8.61 Å². The van der Waals surface area contributed by atoms with Crippen molar-refractivity contribution in [1.29, 1.82) is 0 Å². The second kappa shape index (κ2) is 6.32. The molecule has 0 amide bonds. The molecular weight excluding hydrogens is 250 g/mol. The van der Waals surface area contributed by atoms with Crippen LogP contribution < -0.4 is 5.73 Å². The van der Waals surface area contributed by atoms with Gasteiger partial charge in [0.2, 0.25) is 0 Å². The molecule has 0 aromatic carbocycles. The predicted octanol–water partition coefficient (Wildman–Crippen LogP) is 1.02. The first kappa shape index (κ1) is 15.9. The van der Waals surface area contributed by atoms with Gasteiger partial charge in [-0.3, -0.25) is 0 Å². The van der Waals surface area contributed by atoms with E-state index in [0.29, 0.717) is 12.5 Å². The van der Waals surface area contributed by atoms with E-state index in [1.807, 2.05) is 13.8 Å². The first-order chi connectivity index (χ1) is 8.32. The van der Waals surface area contributed by atoms with Gasteiger partial charge in [0.05, 0.1) is 0 Å². The van der Waals surface area contributed by atoms with Gasteiger partial charge in [0.25, 0.3) is 10.2 Å². The lowest BCUT2D eigenvalue weighted by Crippen LogP contribution is -2.51. The maximum atomic E-state index is 12.4. The first-order valence-corrected chi connectivity index (χ1v) is 8.13. The van der Waals surface area contributed by atoms with Crippen molar-refractivity contribution in [1.82, 2.24) is 8.61 Å². The molecule has 0 bridgehead atoms. The first-order valence-electron chi connectivity index (χ1n) is 6.73. The Morgan fingerprint density at radius 2 is 1.78 bits per heavy atom. The van der Waals surface area contributed by atoms with Gasteiger partial charge in [-0.15, -0.1) is 0 Å². The van der Waals surface area contributed by atoms with E-state index < -0.39 is 10.2 Å². The third-order valence-corrected chi connectivity index (χ3v) is 6.24. The van der Waals surface area contributed by atoms with Crippen molar-refractivity contribution in [3.63, 3.8) is 0 Å². The van der Waals surface area contributed by atoms with E-state index in [0.717, 1.165) is 25.7 Å². The topological polar surface area (TPSA) is 66.6 Å². The summed E-state index contributed by atoms with van der Waals surface area (Å²) in [6.07, 6.45) is 4.20. The maximum absolute atomic E-state index is 12.4. The van der Waals surface area contributed by atoms with Crippen LogP contribution in [0.1, 0.15) is 39.5 Å². The number of nitrogens with zero attached hydrogens (tertiary/aromatic N) is 2. The summed E-state index contributed by atoms with van der Waals surface area (Å²) in [7, 11) is -0.0467. The summed E-state index contributed by atoms with van der Waals surface area (Å²) < 4.78 is 27.8. The van der Waals surface area contributed by atoms with E-state index in [9.17, 15) is 8.42 Å². The molecule has 0 aromatic rings. The Hall–Kier alpha value is -0.170. The highest BCUT2D eigenvalue weighted by Gasteiger charge is 2.36. The summed E-state index contributed by atoms with van der Waals surface area (Å²) >= 11 is 0. The fraction of sp³-hybridized carbons (Fsp3) is 1.00. The number of hydrogen-bond acceptors (Lipinski definition) is 3. The zero-order chi connectivity index (χ0) is 13.9. The summed E-state index contributed by atoms with van der Waals surface area (Å²) in [6.45, 7) is 4.33. The zero-order valence-electron chi connectivity index (χ0n) is 12.0. The van der Waals surface area contributed by atoms with Crippen LogP contribution in [0.4, 0.5) is 0 Å². The summed E-state index contributed by atoms with van der Waals surface area (Å²) in [4.78, 5) is 0. The normalized spacial score (nSPS) is 26.2. The summed E-state index contributed by atoms with van der Waals surface area (Å²) in [5.41, 5.74) is 5.78. The Balaban J connectivity index is 2.87. The zero-order valence-corrected chi connectivity index (χ0v) is 12.8. The Kier molecular flexibility index (Phi) is 5.58. The van der Waals surface area contributed by atoms with Gasteiger partial charge in [0, 0.05) is 26.2 Å². The highest BCUT2D eigenvalue weighted by Crippen LogP contribution is 2.29. The van der Waals surface area contributed by atoms with Crippen LogP contribution in [0.25, 0.3) is 0 Å². The molecule has 2 atom stereocenters. The van der Waals surface area contributed by atoms with Gasteiger partial charge in [0.1, 0.15) is 0 Å². The molecule has 0 spiro atoms. The number of hydrogen-bond donors (Lipinski definition) is 1. The monoisotopic (exact) mass is 277 g/mol. The highest BCUT2D eigenvalue weighted by atomic mass is 32.2. The Morgan fingerprint density at radius 1 is 1.22 bits per heavy atom. The molecule has 108 valence electrons. The van der Waals surface area contributed by atoms with Crippen LogP contribution in [-0.4, -0.2) is 49.8 Å². The molecule has 2 unspecified atom stereocenters. The van der Waals surface area contributed by atoms with Crippen molar-refractivity contribution in [2.45, 2.75) is 51.6 Å². The van der Waals surface area contributed by atoms with Crippen molar-refractivity contribution in [2.24, 2.45) is 11.7 Å². The van der Waals surface area contributed by atoms with Crippen molar-refractivity contribution in [3.05, 3.63) is 0 Å². The Bertz CT molecular complexity index is 356. The number of rotatable bonds is 5. The fourth-order valence-electron chi connectivity index (χ4n) is 2.58. The van der Waals surface area contributed by atoms with E-state index in [4.69, 9.17) is 5.73 Å². The molecular formula is C12H27N3O2S. The van der Waals surface area contributed by atoms with Gasteiger partial charge in [-0.1, -0.05) is 12.8 Å². The van der Waals surface area contributed by atoms with Crippen molar-refractivity contribution < 1.29 is 8.42 Å². The third-order valence-electron chi connectivity index (χ3n) is 4.09. The predicted molar refractivity (Wildman–Crippen MR) is 74.4 cm³/mol. The molecule has 1 fully saturated rings. The second-order valence-electron chi connectivity index (χ2n) is 5.48. The standard InChI is InChI=1S/C12H27N3O2S/c1-10(2)14(3)18(16,17)15(4)12-8-6-5-7-11(12)9-13/h10-12H,5-9,13H2,1-4H3. The molecule has 1 aliphatic rings. The quantitative estimate of drug-likeness (QED) is 0.816. The highest BCUT2D eigenvalue weighted by molar-refractivity contribution is 7.86. The smallest absolute Gasteiger partial charge is 0.281 e. The minimum Gasteiger partial charge on any atom is -0.330 e. The minimum absolute atomic E-state index is 0.0302. The van der Waals surface area contributed by atoms with Gasteiger partial charge in [-0.2, -0.15) is 17.0 Å². The summed E-state index contributed by atoms with van der Waals surface area (Å²) in [5.74, 6) is 0.291. The Morgan fingerprint density at radius 3 is 2.28 bits per heavy atom.